The maximum absolute atomic E-state index is 11.2. The van der Waals surface area contributed by atoms with Crippen LogP contribution in [-0.2, 0) is 0 Å². The van der Waals surface area contributed by atoms with Crippen molar-refractivity contribution in [2.24, 2.45) is 0 Å². The summed E-state index contributed by atoms with van der Waals surface area (Å²) in [5.41, 5.74) is 0. The van der Waals surface area contributed by atoms with Gasteiger partial charge in [0.05, 0.1) is 0 Å². The van der Waals surface area contributed by atoms with Crippen molar-refractivity contribution in [2.45, 2.75) is 0 Å². The Hall–Kier alpha value is 1.12. The normalized spacial score (nSPS) is 9.50. The standard InChI is InChI=1S/C3H3FTe2/c4-6-3-1-2-5/h1-3H. The van der Waals surface area contributed by atoms with Crippen LogP contribution in [0.1, 0.15) is 0 Å². The Morgan fingerprint density at radius 1 is 1.67 bits per heavy atom. The molecule has 0 aliphatic carbocycles. The maximum atomic E-state index is 11.2. The number of hydrogen-bond donors (Lipinski definition) is 0. The summed E-state index contributed by atoms with van der Waals surface area (Å²) in [4.78, 5) is 0. The zero-order valence-electron chi connectivity index (χ0n) is 2.93. The van der Waals surface area contributed by atoms with Gasteiger partial charge < -0.3 is 0 Å². The summed E-state index contributed by atoms with van der Waals surface area (Å²) in [6, 6.07) is 0. The molecule has 34 valence electrons. The Kier molecular flexibility index (Phi) is 7.26. The van der Waals surface area contributed by atoms with Gasteiger partial charge in [-0.15, -0.1) is 0 Å². The molecular formula is C3H3FTe2. The first-order valence-electron chi connectivity index (χ1n) is 1.29. The summed E-state index contributed by atoms with van der Waals surface area (Å²) in [7, 11) is 0. The van der Waals surface area contributed by atoms with Crippen LogP contribution < -0.4 is 0 Å². The van der Waals surface area contributed by atoms with Gasteiger partial charge in [0, 0.05) is 0 Å². The van der Waals surface area contributed by atoms with Crippen molar-refractivity contribution in [3.8, 4) is 0 Å². The Balaban J connectivity index is 2.94. The van der Waals surface area contributed by atoms with E-state index in [9.17, 15) is 2.89 Å². The second-order valence-electron chi connectivity index (χ2n) is 0.554. The minimum absolute atomic E-state index is 1.25. The van der Waals surface area contributed by atoms with Gasteiger partial charge in [-0.05, 0) is 0 Å². The molecule has 0 radical (unpaired) electrons. The summed E-state index contributed by atoms with van der Waals surface area (Å²) in [5, 5.41) is 0. The van der Waals surface area contributed by atoms with Gasteiger partial charge in [-0.1, -0.05) is 0 Å². The Bertz CT molecular complexity index is 59.8. The monoisotopic (exact) mass is 318 g/mol. The fourth-order valence-corrected chi connectivity index (χ4v) is 1.64. The van der Waals surface area contributed by atoms with E-state index < -0.39 is 21.5 Å². The van der Waals surface area contributed by atoms with Gasteiger partial charge in [-0.3, -0.25) is 0 Å². The van der Waals surface area contributed by atoms with E-state index in [1.54, 1.807) is 10.2 Å². The van der Waals surface area contributed by atoms with Crippen LogP contribution >= 0.6 is 0 Å². The first-order valence-corrected chi connectivity index (χ1v) is 4.86. The minimum atomic E-state index is -1.25. The van der Waals surface area contributed by atoms with Crippen molar-refractivity contribution in [2.75, 3.05) is 0 Å². The van der Waals surface area contributed by atoms with Crippen LogP contribution in [0.2, 0.25) is 0 Å². The predicted molar refractivity (Wildman–Crippen MR) is 27.8 cm³/mol. The molecule has 0 saturated carbocycles. The summed E-state index contributed by atoms with van der Waals surface area (Å²) < 4.78 is 14.6. The van der Waals surface area contributed by atoms with E-state index in [2.05, 4.69) is 0 Å². The fraction of sp³-hybridized carbons (Fsp3) is 0. The Labute approximate surface area is 60.1 Å². The van der Waals surface area contributed by atoms with Crippen LogP contribution in [0, 0.1) is 0 Å². The number of hydrogen-bond acceptors (Lipinski definition) is 0. The first kappa shape index (κ1) is 7.12. The van der Waals surface area contributed by atoms with Crippen LogP contribution in [-0.4, -0.2) is 47.4 Å². The molecule has 0 atom stereocenters. The number of rotatable bonds is 2. The molecule has 0 spiro atoms. The summed E-state index contributed by atoms with van der Waals surface area (Å²) in [5.74, 6) is 0. The van der Waals surface area contributed by atoms with E-state index in [4.69, 9.17) is 0 Å². The number of allylic oxidation sites excluding steroid dienone is 1. The molecule has 6 heavy (non-hydrogen) atoms. The van der Waals surface area contributed by atoms with Crippen molar-refractivity contribution >= 4 is 47.4 Å². The second-order valence-corrected chi connectivity index (χ2v) is 2.62. The van der Waals surface area contributed by atoms with Crippen LogP contribution in [0.25, 0.3) is 0 Å². The van der Waals surface area contributed by atoms with Crippen LogP contribution in [0.5, 0.6) is 0 Å². The molecule has 3 heteroatoms. The molecule has 0 aromatic heterocycles. The molecule has 0 aromatic carbocycles. The summed E-state index contributed by atoms with van der Waals surface area (Å²) in [6.07, 6.45) is 1.74. The van der Waals surface area contributed by atoms with Gasteiger partial charge in [0.15, 0.2) is 0 Å². The van der Waals surface area contributed by atoms with Gasteiger partial charge in [0.25, 0.3) is 0 Å². The van der Waals surface area contributed by atoms with E-state index in [-0.39, 0.29) is 0 Å². The van der Waals surface area contributed by atoms with Crippen LogP contribution in [0.3, 0.4) is 0 Å². The fourth-order valence-electron chi connectivity index (χ4n) is 0.0618. The van der Waals surface area contributed by atoms with Crippen molar-refractivity contribution in [3.63, 3.8) is 0 Å². The quantitative estimate of drug-likeness (QED) is 0.633. The van der Waals surface area contributed by atoms with Crippen molar-refractivity contribution in [3.05, 3.63) is 10.2 Å². The average molecular weight is 313 g/mol. The molecule has 0 heterocycles. The van der Waals surface area contributed by atoms with Crippen molar-refractivity contribution in [1.29, 1.82) is 0 Å². The van der Waals surface area contributed by atoms with Crippen molar-refractivity contribution in [1.82, 2.24) is 0 Å². The zero-order chi connectivity index (χ0) is 4.83. The molecule has 0 bridgehead atoms. The molecule has 0 rings (SSSR count). The van der Waals surface area contributed by atoms with E-state index in [1.165, 1.54) is 0 Å². The molecule has 0 unspecified atom stereocenters. The summed E-state index contributed by atoms with van der Waals surface area (Å²) in [6.45, 7) is 0. The van der Waals surface area contributed by atoms with Gasteiger partial charge in [-0.25, -0.2) is 0 Å². The topological polar surface area (TPSA) is 0 Å². The SMILES string of the molecule is F[Te]C=CC=[Te]. The van der Waals surface area contributed by atoms with Crippen LogP contribution in [0.15, 0.2) is 10.2 Å². The number of halogens is 1. The molecule has 0 aliphatic heterocycles. The van der Waals surface area contributed by atoms with Gasteiger partial charge in [0.2, 0.25) is 0 Å². The van der Waals surface area contributed by atoms with Gasteiger partial charge in [-0.2, -0.15) is 0 Å². The molecule has 0 nitrogen and oxygen atoms in total. The van der Waals surface area contributed by atoms with E-state index in [0.717, 1.165) is 0 Å². The molecular weight excluding hydrogens is 310 g/mol. The van der Waals surface area contributed by atoms with Crippen LogP contribution in [0.4, 0.5) is 2.89 Å². The first-order chi connectivity index (χ1) is 2.91. The third-order valence-corrected chi connectivity index (χ3v) is 1.40. The zero-order valence-corrected chi connectivity index (χ0v) is 7.59. The third-order valence-electron chi connectivity index (χ3n) is 0.209. The van der Waals surface area contributed by atoms with Gasteiger partial charge >= 0.3 is 60.5 Å². The summed E-state index contributed by atoms with van der Waals surface area (Å²) >= 11 is 0.568. The Morgan fingerprint density at radius 3 is 2.50 bits per heavy atom. The molecule has 0 aromatic rings. The van der Waals surface area contributed by atoms with E-state index >= 15 is 0 Å². The predicted octanol–water partition coefficient (Wildman–Crippen LogP) is 0.0595. The second kappa shape index (κ2) is 6.12. The average Bonchev–Trinajstić information content (AvgIpc) is 1.61. The molecule has 0 fully saturated rings. The molecule has 0 N–H and O–H groups in total. The van der Waals surface area contributed by atoms with E-state index in [1.807, 2.05) is 25.9 Å². The molecule has 0 amide bonds. The Morgan fingerprint density at radius 2 is 2.33 bits per heavy atom. The van der Waals surface area contributed by atoms with Gasteiger partial charge in [0.1, 0.15) is 0 Å². The van der Waals surface area contributed by atoms with Crippen molar-refractivity contribution < 1.29 is 2.89 Å². The molecule has 0 saturated heterocycles. The van der Waals surface area contributed by atoms with E-state index in [0.29, 0.717) is 0 Å². The third kappa shape index (κ3) is 5.12. The molecule has 0 aliphatic rings.